The molecule has 144 valence electrons. The highest BCUT2D eigenvalue weighted by molar-refractivity contribution is 8.03. The van der Waals surface area contributed by atoms with Crippen molar-refractivity contribution in [2.45, 2.75) is 31.7 Å². The summed E-state index contributed by atoms with van der Waals surface area (Å²) in [6.07, 6.45) is 3.35. The summed E-state index contributed by atoms with van der Waals surface area (Å²) in [7, 11) is 2.15. The van der Waals surface area contributed by atoms with E-state index in [-0.39, 0.29) is 24.0 Å². The van der Waals surface area contributed by atoms with Crippen molar-refractivity contribution >= 4 is 23.5 Å². The minimum Gasteiger partial charge on any atom is -1.00 e. The molecule has 0 saturated heterocycles. The van der Waals surface area contributed by atoms with Crippen molar-refractivity contribution in [2.75, 3.05) is 11.9 Å². The standard InChI is InChI=1S/C24H25N2S.HI/c1-18-15-21(17-24-25(3)22-11-7-8-12-23(22)27-24)16-19(2)26(18)14-13-20-9-5-4-6-10-20;/h4-12,15-17H,13-14H2,1-3H3;1H/q+1;/p-1. The van der Waals surface area contributed by atoms with E-state index in [1.807, 2.05) is 11.8 Å². The van der Waals surface area contributed by atoms with E-state index in [9.17, 15) is 0 Å². The largest absolute Gasteiger partial charge is 1.00 e. The number of rotatable bonds is 4. The van der Waals surface area contributed by atoms with Crippen LogP contribution >= 0.6 is 11.8 Å². The van der Waals surface area contributed by atoms with E-state index in [4.69, 9.17) is 0 Å². The molecular formula is C24H25IN2S. The molecule has 0 unspecified atom stereocenters. The van der Waals surface area contributed by atoms with Gasteiger partial charge in [0.05, 0.1) is 10.7 Å². The molecule has 2 nitrogen and oxygen atoms in total. The zero-order chi connectivity index (χ0) is 18.8. The Kier molecular flexibility index (Phi) is 6.83. The Balaban J connectivity index is 0.00000225. The Morgan fingerprint density at radius 3 is 2.25 bits per heavy atom. The van der Waals surface area contributed by atoms with Crippen molar-refractivity contribution in [3.63, 3.8) is 0 Å². The molecule has 2 aromatic carbocycles. The molecule has 4 rings (SSSR count). The highest BCUT2D eigenvalue weighted by atomic mass is 127. The monoisotopic (exact) mass is 500 g/mol. The molecule has 3 aromatic rings. The fourth-order valence-corrected chi connectivity index (χ4v) is 4.78. The second-order valence-corrected chi connectivity index (χ2v) is 8.13. The van der Waals surface area contributed by atoms with Gasteiger partial charge in [-0.3, -0.25) is 0 Å². The van der Waals surface area contributed by atoms with Gasteiger partial charge in [-0.25, -0.2) is 0 Å². The highest BCUT2D eigenvalue weighted by Gasteiger charge is 2.21. The van der Waals surface area contributed by atoms with E-state index >= 15 is 0 Å². The first-order valence-corrected chi connectivity index (χ1v) is 10.2. The van der Waals surface area contributed by atoms with Gasteiger partial charge in [0.2, 0.25) is 0 Å². The third-order valence-corrected chi connectivity index (χ3v) is 6.30. The number of halogens is 1. The van der Waals surface area contributed by atoms with Crippen LogP contribution in [0.3, 0.4) is 0 Å². The van der Waals surface area contributed by atoms with Gasteiger partial charge in [-0.15, -0.1) is 0 Å². The first-order chi connectivity index (χ1) is 13.1. The van der Waals surface area contributed by atoms with E-state index in [0.717, 1.165) is 13.0 Å². The van der Waals surface area contributed by atoms with Gasteiger partial charge >= 0.3 is 0 Å². The van der Waals surface area contributed by atoms with Gasteiger partial charge in [-0.2, -0.15) is 4.57 Å². The van der Waals surface area contributed by atoms with Crippen molar-refractivity contribution in [1.29, 1.82) is 0 Å². The maximum absolute atomic E-state index is 2.41. The van der Waals surface area contributed by atoms with Crippen LogP contribution in [0.2, 0.25) is 0 Å². The van der Waals surface area contributed by atoms with Crippen molar-refractivity contribution in [1.82, 2.24) is 0 Å². The lowest BCUT2D eigenvalue weighted by atomic mass is 10.1. The predicted octanol–water partition coefficient (Wildman–Crippen LogP) is 2.38. The number of benzene rings is 2. The molecule has 1 aliphatic rings. The van der Waals surface area contributed by atoms with Crippen LogP contribution in [-0.2, 0) is 13.0 Å². The summed E-state index contributed by atoms with van der Waals surface area (Å²) in [5.41, 5.74) is 6.55. The van der Waals surface area contributed by atoms with Crippen molar-refractivity contribution in [2.24, 2.45) is 0 Å². The quantitative estimate of drug-likeness (QED) is 0.402. The highest BCUT2D eigenvalue weighted by Crippen LogP contribution is 2.45. The van der Waals surface area contributed by atoms with Crippen LogP contribution in [-0.4, -0.2) is 7.05 Å². The zero-order valence-electron chi connectivity index (χ0n) is 16.5. The second kappa shape index (κ2) is 9.14. The second-order valence-electron chi connectivity index (χ2n) is 7.07. The van der Waals surface area contributed by atoms with Crippen LogP contribution in [0.4, 0.5) is 5.69 Å². The Hall–Kier alpha value is -1.79. The van der Waals surface area contributed by atoms with Crippen molar-refractivity contribution in [3.8, 4) is 0 Å². The maximum atomic E-state index is 2.41. The lowest BCUT2D eigenvalue weighted by Gasteiger charge is -2.13. The normalized spacial score (nSPS) is 14.1. The lowest BCUT2D eigenvalue weighted by molar-refractivity contribution is -0.708. The van der Waals surface area contributed by atoms with E-state index in [1.165, 1.54) is 38.1 Å². The van der Waals surface area contributed by atoms with Crippen LogP contribution in [0.25, 0.3) is 6.08 Å². The van der Waals surface area contributed by atoms with E-state index in [1.54, 1.807) is 0 Å². The van der Waals surface area contributed by atoms with Crippen LogP contribution in [0.15, 0.2) is 76.7 Å². The Bertz CT molecular complexity index is 975. The minimum atomic E-state index is 0. The van der Waals surface area contributed by atoms with E-state index in [2.05, 4.69) is 103 Å². The molecule has 0 bridgehead atoms. The number of pyridine rings is 1. The smallest absolute Gasteiger partial charge is 0.179 e. The summed E-state index contributed by atoms with van der Waals surface area (Å²) in [6, 6.07) is 23.9. The van der Waals surface area contributed by atoms with Gasteiger partial charge in [0.15, 0.2) is 17.9 Å². The lowest BCUT2D eigenvalue weighted by Crippen LogP contribution is -3.00. The number of anilines is 1. The molecule has 0 saturated carbocycles. The summed E-state index contributed by atoms with van der Waals surface area (Å²) in [4.78, 5) is 3.61. The average molecular weight is 500 g/mol. The number of aromatic nitrogens is 1. The van der Waals surface area contributed by atoms with Gasteiger partial charge in [0.1, 0.15) is 0 Å². The molecular weight excluding hydrogens is 475 g/mol. The molecule has 0 aliphatic carbocycles. The molecule has 1 aromatic heterocycles. The predicted molar refractivity (Wildman–Crippen MR) is 115 cm³/mol. The maximum Gasteiger partial charge on any atom is 0.179 e. The van der Waals surface area contributed by atoms with Crippen molar-refractivity contribution in [3.05, 3.63) is 94.3 Å². The fraction of sp³-hybridized carbons (Fsp3) is 0.208. The molecule has 0 atom stereocenters. The topological polar surface area (TPSA) is 7.12 Å². The van der Waals surface area contributed by atoms with Gasteiger partial charge < -0.3 is 28.9 Å². The van der Waals surface area contributed by atoms with Gasteiger partial charge in [0.25, 0.3) is 0 Å². The Morgan fingerprint density at radius 1 is 0.929 bits per heavy atom. The SMILES string of the molecule is Cc1cc(/C=C2/Sc3ccccc3N2C)cc(C)[n+]1CCc1ccccc1.[I-]. The molecule has 0 spiro atoms. The fourth-order valence-electron chi connectivity index (χ4n) is 3.67. The molecule has 28 heavy (non-hydrogen) atoms. The number of hydrogen-bond donors (Lipinski definition) is 0. The number of aryl methyl sites for hydroxylation is 3. The summed E-state index contributed by atoms with van der Waals surface area (Å²) in [5.74, 6) is 0. The molecule has 0 N–H and O–H groups in total. The first-order valence-electron chi connectivity index (χ1n) is 9.39. The first kappa shape index (κ1) is 20.9. The average Bonchev–Trinajstić information content (AvgIpc) is 2.98. The summed E-state index contributed by atoms with van der Waals surface area (Å²) < 4.78 is 2.41. The van der Waals surface area contributed by atoms with E-state index in [0.29, 0.717) is 0 Å². The van der Waals surface area contributed by atoms with Gasteiger partial charge in [-0.05, 0) is 29.3 Å². The third kappa shape index (κ3) is 4.44. The molecule has 0 amide bonds. The Morgan fingerprint density at radius 2 is 1.57 bits per heavy atom. The summed E-state index contributed by atoms with van der Waals surface area (Å²) in [6.45, 7) is 5.43. The van der Waals surface area contributed by atoms with E-state index < -0.39 is 0 Å². The molecule has 0 fully saturated rings. The molecule has 1 aliphatic heterocycles. The summed E-state index contributed by atoms with van der Waals surface area (Å²) in [5, 5.41) is 1.28. The van der Waals surface area contributed by atoms with Gasteiger partial charge in [-0.1, -0.05) is 54.2 Å². The number of hydrogen-bond acceptors (Lipinski definition) is 2. The number of fused-ring (bicyclic) bond motifs is 1. The Labute approximate surface area is 189 Å². The molecule has 2 heterocycles. The zero-order valence-corrected chi connectivity index (χ0v) is 19.5. The molecule has 0 radical (unpaired) electrons. The minimum absolute atomic E-state index is 0. The van der Waals surface area contributed by atoms with Crippen LogP contribution in [0, 0.1) is 13.8 Å². The van der Waals surface area contributed by atoms with Crippen LogP contribution in [0.1, 0.15) is 22.5 Å². The van der Waals surface area contributed by atoms with Crippen LogP contribution in [0.5, 0.6) is 0 Å². The number of thioether (sulfide) groups is 1. The third-order valence-electron chi connectivity index (χ3n) is 5.13. The summed E-state index contributed by atoms with van der Waals surface area (Å²) >= 11 is 1.84. The number of nitrogens with zero attached hydrogens (tertiary/aromatic N) is 2. The van der Waals surface area contributed by atoms with Crippen molar-refractivity contribution < 1.29 is 28.5 Å². The van der Waals surface area contributed by atoms with Gasteiger partial charge in [0, 0.05) is 44.3 Å². The number of para-hydroxylation sites is 1. The molecule has 4 heteroatoms. The van der Waals surface area contributed by atoms with Crippen LogP contribution < -0.4 is 33.4 Å².